The molecule has 0 saturated heterocycles. The number of unbranched alkanes of at least 4 members (excludes halogenated alkanes) is 5. The summed E-state index contributed by atoms with van der Waals surface area (Å²) in [4.78, 5) is 0. The van der Waals surface area contributed by atoms with Crippen molar-refractivity contribution in [2.24, 2.45) is 0 Å². The van der Waals surface area contributed by atoms with Crippen molar-refractivity contribution in [2.45, 2.75) is 84.3 Å². The highest BCUT2D eigenvalue weighted by molar-refractivity contribution is 7.85. The van der Waals surface area contributed by atoms with Gasteiger partial charge in [-0.1, -0.05) is 72.3 Å². The monoisotopic (exact) mass is 368 g/mol. The van der Waals surface area contributed by atoms with Gasteiger partial charge in [0, 0.05) is 21.8 Å². The lowest BCUT2D eigenvalue weighted by molar-refractivity contribution is 0.174. The van der Waals surface area contributed by atoms with Crippen LogP contribution in [0.25, 0.3) is 0 Å². The average Bonchev–Trinajstić information content (AvgIpc) is 3.06. The standard InChI is InChI=1S/C18H28O3S.C3H8/c1-3-4-5-6-7-8-11-22(19)15(2)12-16-9-10-17-18(13-16)21-14-20-17;1-3-2/h9-10,13,15H,3-8,11-12,14H2,1-2H3;3H2,1-2H3. The summed E-state index contributed by atoms with van der Waals surface area (Å²) in [6.45, 7) is 8.86. The molecule has 2 unspecified atom stereocenters. The maximum Gasteiger partial charge on any atom is 0.231 e. The molecule has 4 heteroatoms. The third-order valence-electron chi connectivity index (χ3n) is 4.11. The minimum Gasteiger partial charge on any atom is -0.454 e. The average molecular weight is 369 g/mol. The third-order valence-corrected chi connectivity index (χ3v) is 5.86. The predicted octanol–water partition coefficient (Wildman–Crippen LogP) is 5.87. The van der Waals surface area contributed by atoms with Crippen LogP contribution in [0.1, 0.15) is 78.2 Å². The van der Waals surface area contributed by atoms with Crippen LogP contribution in [0.15, 0.2) is 18.2 Å². The number of ether oxygens (including phenoxy) is 2. The molecule has 0 aliphatic carbocycles. The molecular formula is C21H36O3S. The van der Waals surface area contributed by atoms with Crippen molar-refractivity contribution in [1.82, 2.24) is 0 Å². The molecule has 1 heterocycles. The summed E-state index contributed by atoms with van der Waals surface area (Å²) >= 11 is 0. The molecule has 1 aromatic rings. The topological polar surface area (TPSA) is 35.5 Å². The SMILES string of the molecule is CCC.CCCCCCCCS(=O)C(C)Cc1ccc2c(c1)OCO2. The molecule has 2 atom stereocenters. The molecule has 0 radical (unpaired) electrons. The van der Waals surface area contributed by atoms with Gasteiger partial charge in [0.1, 0.15) is 0 Å². The molecular weight excluding hydrogens is 332 g/mol. The van der Waals surface area contributed by atoms with Crippen LogP contribution in [0, 0.1) is 0 Å². The fraction of sp³-hybridized carbons (Fsp3) is 0.714. The number of rotatable bonds is 10. The van der Waals surface area contributed by atoms with Crippen molar-refractivity contribution < 1.29 is 13.7 Å². The second kappa shape index (κ2) is 13.2. The maximum absolute atomic E-state index is 12.3. The Labute approximate surface area is 157 Å². The van der Waals surface area contributed by atoms with Crippen molar-refractivity contribution >= 4 is 10.8 Å². The van der Waals surface area contributed by atoms with Gasteiger partial charge >= 0.3 is 0 Å². The second-order valence-electron chi connectivity index (χ2n) is 6.76. The Kier molecular flexibility index (Phi) is 11.6. The largest absolute Gasteiger partial charge is 0.454 e. The summed E-state index contributed by atoms with van der Waals surface area (Å²) < 4.78 is 23.0. The zero-order valence-electron chi connectivity index (χ0n) is 16.5. The molecule has 0 N–H and O–H groups in total. The lowest BCUT2D eigenvalue weighted by Gasteiger charge is -2.12. The molecule has 0 fully saturated rings. The highest BCUT2D eigenvalue weighted by Crippen LogP contribution is 2.33. The molecule has 0 bridgehead atoms. The van der Waals surface area contributed by atoms with Crippen LogP contribution in [-0.4, -0.2) is 22.0 Å². The minimum atomic E-state index is -0.743. The van der Waals surface area contributed by atoms with Gasteiger partial charge < -0.3 is 9.47 Å². The Bertz CT molecular complexity index is 502. The van der Waals surface area contributed by atoms with Gasteiger partial charge in [0.25, 0.3) is 0 Å². The molecule has 0 aromatic heterocycles. The van der Waals surface area contributed by atoms with Crippen LogP contribution in [0.3, 0.4) is 0 Å². The highest BCUT2D eigenvalue weighted by atomic mass is 32.2. The smallest absolute Gasteiger partial charge is 0.231 e. The summed E-state index contributed by atoms with van der Waals surface area (Å²) in [7, 11) is -0.743. The van der Waals surface area contributed by atoms with E-state index in [1.807, 2.05) is 18.2 Å². The highest BCUT2D eigenvalue weighted by Gasteiger charge is 2.16. The zero-order valence-corrected chi connectivity index (χ0v) is 17.3. The molecule has 3 nitrogen and oxygen atoms in total. The number of benzene rings is 1. The summed E-state index contributed by atoms with van der Waals surface area (Å²) in [5.41, 5.74) is 1.17. The number of fused-ring (bicyclic) bond motifs is 1. The Morgan fingerprint density at radius 1 is 1.00 bits per heavy atom. The fourth-order valence-electron chi connectivity index (χ4n) is 2.72. The van der Waals surface area contributed by atoms with Crippen LogP contribution < -0.4 is 9.47 Å². The van der Waals surface area contributed by atoms with E-state index in [9.17, 15) is 4.21 Å². The molecule has 0 amide bonds. The van der Waals surface area contributed by atoms with Gasteiger partial charge in [0.05, 0.1) is 0 Å². The molecule has 1 aliphatic heterocycles. The van der Waals surface area contributed by atoms with Gasteiger partial charge in [-0.2, -0.15) is 0 Å². The van der Waals surface area contributed by atoms with E-state index in [0.717, 1.165) is 30.1 Å². The predicted molar refractivity (Wildman–Crippen MR) is 108 cm³/mol. The summed E-state index contributed by atoms with van der Waals surface area (Å²) in [6, 6.07) is 6.01. The lowest BCUT2D eigenvalue weighted by Crippen LogP contribution is -2.16. The van der Waals surface area contributed by atoms with E-state index in [-0.39, 0.29) is 5.25 Å². The van der Waals surface area contributed by atoms with Gasteiger partial charge in [-0.15, -0.1) is 0 Å². The minimum absolute atomic E-state index is 0.191. The van der Waals surface area contributed by atoms with Crippen LogP contribution in [0.5, 0.6) is 11.5 Å². The van der Waals surface area contributed by atoms with E-state index in [0.29, 0.717) is 6.79 Å². The van der Waals surface area contributed by atoms with Crippen molar-refractivity contribution in [3.8, 4) is 11.5 Å². The van der Waals surface area contributed by atoms with Crippen LogP contribution in [-0.2, 0) is 17.2 Å². The molecule has 1 aromatic carbocycles. The zero-order chi connectivity index (χ0) is 18.5. The van der Waals surface area contributed by atoms with Gasteiger partial charge in [-0.3, -0.25) is 4.21 Å². The van der Waals surface area contributed by atoms with Crippen molar-refractivity contribution in [3.63, 3.8) is 0 Å². The first-order chi connectivity index (χ1) is 12.1. The van der Waals surface area contributed by atoms with Crippen LogP contribution in [0.4, 0.5) is 0 Å². The van der Waals surface area contributed by atoms with E-state index < -0.39 is 10.8 Å². The first-order valence-corrected chi connectivity index (χ1v) is 11.3. The molecule has 0 saturated carbocycles. The lowest BCUT2D eigenvalue weighted by atomic mass is 10.1. The number of hydrogen-bond acceptors (Lipinski definition) is 3. The Hall–Kier alpha value is -1.03. The van der Waals surface area contributed by atoms with Crippen LogP contribution >= 0.6 is 0 Å². The Balaban J connectivity index is 0.000000970. The first-order valence-electron chi connectivity index (χ1n) is 9.88. The van der Waals surface area contributed by atoms with Gasteiger partial charge in [-0.25, -0.2) is 0 Å². The Morgan fingerprint density at radius 2 is 1.64 bits per heavy atom. The summed E-state index contributed by atoms with van der Waals surface area (Å²) in [5.74, 6) is 2.45. The molecule has 144 valence electrons. The second-order valence-corrected chi connectivity index (χ2v) is 8.74. The normalized spacial score (nSPS) is 14.6. The molecule has 2 rings (SSSR count). The van der Waals surface area contributed by atoms with Gasteiger partial charge in [0.2, 0.25) is 6.79 Å². The Morgan fingerprint density at radius 3 is 2.36 bits per heavy atom. The quantitative estimate of drug-likeness (QED) is 0.484. The first kappa shape index (κ1) is 22.0. The molecule has 25 heavy (non-hydrogen) atoms. The van der Waals surface area contributed by atoms with Crippen LogP contribution in [0.2, 0.25) is 0 Å². The van der Waals surface area contributed by atoms with E-state index in [1.54, 1.807) is 0 Å². The number of hydrogen-bond donors (Lipinski definition) is 0. The van der Waals surface area contributed by atoms with E-state index >= 15 is 0 Å². The molecule has 1 aliphatic rings. The summed E-state index contributed by atoms with van der Waals surface area (Å²) in [6.07, 6.45) is 9.57. The van der Waals surface area contributed by atoms with Gasteiger partial charge in [0.15, 0.2) is 11.5 Å². The molecule has 0 spiro atoms. The van der Waals surface area contributed by atoms with E-state index in [1.165, 1.54) is 44.1 Å². The van der Waals surface area contributed by atoms with Gasteiger partial charge in [-0.05, 0) is 30.5 Å². The maximum atomic E-state index is 12.3. The van der Waals surface area contributed by atoms with Crippen molar-refractivity contribution in [1.29, 1.82) is 0 Å². The summed E-state index contributed by atoms with van der Waals surface area (Å²) in [5, 5.41) is 0.191. The van der Waals surface area contributed by atoms with E-state index in [4.69, 9.17) is 9.47 Å². The van der Waals surface area contributed by atoms with Crippen molar-refractivity contribution in [2.75, 3.05) is 12.5 Å². The third kappa shape index (κ3) is 8.75. The van der Waals surface area contributed by atoms with E-state index in [2.05, 4.69) is 27.7 Å². The fourth-order valence-corrected chi connectivity index (χ4v) is 3.99. The van der Waals surface area contributed by atoms with Crippen molar-refractivity contribution in [3.05, 3.63) is 23.8 Å².